The average Bonchev–Trinajstić information content (AvgIpc) is 2.33. The third kappa shape index (κ3) is 2.66. The van der Waals surface area contributed by atoms with Gasteiger partial charge in [0.15, 0.2) is 0 Å². The smallest absolute Gasteiger partial charge is 0.121 e. The van der Waals surface area contributed by atoms with Gasteiger partial charge in [-0.2, -0.15) is 0 Å². The summed E-state index contributed by atoms with van der Waals surface area (Å²) < 4.78 is 5.76. The average molecular weight is 216 g/mol. The molecule has 1 aliphatic carbocycles. The van der Waals surface area contributed by atoms with Crippen LogP contribution in [-0.2, 0) is 0 Å². The number of ether oxygens (including phenoxy) is 1. The van der Waals surface area contributed by atoms with Gasteiger partial charge in [0.05, 0.1) is 0 Å². The molecule has 0 aliphatic heterocycles. The van der Waals surface area contributed by atoms with Gasteiger partial charge >= 0.3 is 0 Å². The molecule has 1 aromatic carbocycles. The monoisotopic (exact) mass is 216 g/mol. The highest BCUT2D eigenvalue weighted by atomic mass is 16.5. The third-order valence-corrected chi connectivity index (χ3v) is 2.67. The Kier molecular flexibility index (Phi) is 3.30. The van der Waals surface area contributed by atoms with Crippen molar-refractivity contribution >= 4 is 0 Å². The van der Waals surface area contributed by atoms with E-state index in [-0.39, 0.29) is 11.9 Å². The highest BCUT2D eigenvalue weighted by Crippen LogP contribution is 2.21. The van der Waals surface area contributed by atoms with Crippen LogP contribution in [0.4, 0.5) is 0 Å². The summed E-state index contributed by atoms with van der Waals surface area (Å²) in [6.45, 7) is 2.15. The summed E-state index contributed by atoms with van der Waals surface area (Å²) in [6, 6.07) is 6.83. The zero-order valence-electron chi connectivity index (χ0n) is 9.39. The minimum atomic E-state index is 0.111. The van der Waals surface area contributed by atoms with Crippen LogP contribution < -0.4 is 4.74 Å². The van der Waals surface area contributed by atoms with Crippen LogP contribution in [0.15, 0.2) is 48.1 Å². The van der Waals surface area contributed by atoms with E-state index in [1.807, 2.05) is 0 Å². The number of hydrogen-bond donors (Lipinski definition) is 1. The fraction of sp³-hybridized carbons (Fsp3) is 0.286. The first-order chi connectivity index (χ1) is 7.78. The lowest BCUT2D eigenvalue weighted by molar-refractivity contribution is 0.250. The zero-order chi connectivity index (χ0) is 11.4. The summed E-state index contributed by atoms with van der Waals surface area (Å²) in [5.41, 5.74) is 1.37. The highest BCUT2D eigenvalue weighted by molar-refractivity contribution is 5.31. The van der Waals surface area contributed by atoms with E-state index in [1.54, 1.807) is 24.3 Å². The van der Waals surface area contributed by atoms with Crippen LogP contribution in [-0.4, -0.2) is 11.2 Å². The summed E-state index contributed by atoms with van der Waals surface area (Å²) in [5.74, 6) is 1.06. The van der Waals surface area contributed by atoms with Gasteiger partial charge < -0.3 is 9.84 Å². The van der Waals surface area contributed by atoms with Crippen LogP contribution in [0, 0.1) is 0 Å². The van der Waals surface area contributed by atoms with Crippen molar-refractivity contribution in [2.45, 2.75) is 25.9 Å². The van der Waals surface area contributed by atoms with Crippen molar-refractivity contribution < 1.29 is 9.84 Å². The summed E-state index contributed by atoms with van der Waals surface area (Å²) in [5, 5.41) is 9.15. The van der Waals surface area contributed by atoms with Gasteiger partial charge in [-0.05, 0) is 36.8 Å². The summed E-state index contributed by atoms with van der Waals surface area (Å²) in [7, 11) is 0. The largest absolute Gasteiger partial charge is 0.508 e. The molecule has 1 N–H and O–H groups in total. The number of allylic oxidation sites excluding steroid dienone is 2. The first kappa shape index (κ1) is 10.8. The van der Waals surface area contributed by atoms with E-state index in [9.17, 15) is 0 Å². The van der Waals surface area contributed by atoms with E-state index in [0.717, 1.165) is 18.6 Å². The lowest BCUT2D eigenvalue weighted by Crippen LogP contribution is -2.14. The van der Waals surface area contributed by atoms with Gasteiger partial charge in [-0.25, -0.2) is 0 Å². The molecule has 0 saturated carbocycles. The van der Waals surface area contributed by atoms with Crippen molar-refractivity contribution in [2.75, 3.05) is 0 Å². The molecule has 1 aromatic rings. The molecule has 0 heterocycles. The van der Waals surface area contributed by atoms with Crippen molar-refractivity contribution in [2.24, 2.45) is 0 Å². The molecule has 84 valence electrons. The van der Waals surface area contributed by atoms with E-state index >= 15 is 0 Å². The molecule has 0 fully saturated rings. The molecule has 0 amide bonds. The van der Waals surface area contributed by atoms with Crippen LogP contribution in [0.1, 0.15) is 19.8 Å². The fourth-order valence-electron chi connectivity index (χ4n) is 1.69. The predicted molar refractivity (Wildman–Crippen MR) is 64.7 cm³/mol. The Bertz CT molecular complexity index is 401. The first-order valence-corrected chi connectivity index (χ1v) is 5.61. The second-order valence-electron chi connectivity index (χ2n) is 3.88. The van der Waals surface area contributed by atoms with Gasteiger partial charge in [-0.1, -0.05) is 24.6 Å². The summed E-state index contributed by atoms with van der Waals surface area (Å²) >= 11 is 0. The lowest BCUT2D eigenvalue weighted by Gasteiger charge is -2.17. The summed E-state index contributed by atoms with van der Waals surface area (Å²) in [4.78, 5) is 0. The molecule has 16 heavy (non-hydrogen) atoms. The van der Waals surface area contributed by atoms with E-state index in [1.165, 1.54) is 5.57 Å². The van der Waals surface area contributed by atoms with Gasteiger partial charge in [-0.15, -0.1) is 0 Å². The van der Waals surface area contributed by atoms with Crippen LogP contribution in [0.3, 0.4) is 0 Å². The fourth-order valence-corrected chi connectivity index (χ4v) is 1.69. The molecule has 1 unspecified atom stereocenters. The van der Waals surface area contributed by atoms with Crippen molar-refractivity contribution in [1.29, 1.82) is 0 Å². The third-order valence-electron chi connectivity index (χ3n) is 2.67. The van der Waals surface area contributed by atoms with Crippen molar-refractivity contribution in [3.63, 3.8) is 0 Å². The second kappa shape index (κ2) is 4.88. The Hall–Kier alpha value is -1.70. The number of phenols is 1. The molecular formula is C14H16O2. The van der Waals surface area contributed by atoms with E-state index < -0.39 is 0 Å². The highest BCUT2D eigenvalue weighted by Gasteiger charge is 2.09. The predicted octanol–water partition coefficient (Wildman–Crippen LogP) is 3.44. The van der Waals surface area contributed by atoms with E-state index in [0.29, 0.717) is 0 Å². The summed E-state index contributed by atoms with van der Waals surface area (Å²) in [6.07, 6.45) is 8.52. The minimum absolute atomic E-state index is 0.111. The SMILES string of the molecule is CCC1=CCC(Oc2ccc(O)cc2)C=C1. The molecule has 0 radical (unpaired) electrons. The standard InChI is InChI=1S/C14H16O2/c1-2-11-3-7-13(8-4-11)16-14-9-5-12(15)6-10-14/h3-7,9-10,13,15H,2,8H2,1H3. The number of hydrogen-bond acceptors (Lipinski definition) is 2. The van der Waals surface area contributed by atoms with Crippen LogP contribution in [0.5, 0.6) is 11.5 Å². The Morgan fingerprint density at radius 2 is 2.06 bits per heavy atom. The topological polar surface area (TPSA) is 29.5 Å². The van der Waals surface area contributed by atoms with E-state index in [4.69, 9.17) is 9.84 Å². The number of aromatic hydroxyl groups is 1. The molecule has 2 heteroatoms. The maximum absolute atomic E-state index is 9.15. The second-order valence-corrected chi connectivity index (χ2v) is 3.88. The molecule has 2 rings (SSSR count). The Labute approximate surface area is 95.9 Å². The molecule has 1 aliphatic rings. The normalized spacial score (nSPS) is 19.3. The molecule has 2 nitrogen and oxygen atoms in total. The van der Waals surface area contributed by atoms with Gasteiger partial charge in [0.1, 0.15) is 17.6 Å². The van der Waals surface area contributed by atoms with Crippen molar-refractivity contribution in [3.8, 4) is 11.5 Å². The maximum Gasteiger partial charge on any atom is 0.121 e. The van der Waals surface area contributed by atoms with Crippen LogP contribution in [0.25, 0.3) is 0 Å². The van der Waals surface area contributed by atoms with E-state index in [2.05, 4.69) is 25.2 Å². The van der Waals surface area contributed by atoms with Gasteiger partial charge in [-0.3, -0.25) is 0 Å². The molecule has 0 saturated heterocycles. The first-order valence-electron chi connectivity index (χ1n) is 5.61. The number of benzene rings is 1. The Morgan fingerprint density at radius 3 is 2.62 bits per heavy atom. The number of rotatable bonds is 3. The number of phenolic OH excluding ortho intramolecular Hbond substituents is 1. The van der Waals surface area contributed by atoms with Crippen molar-refractivity contribution in [1.82, 2.24) is 0 Å². The van der Waals surface area contributed by atoms with Crippen molar-refractivity contribution in [3.05, 3.63) is 48.1 Å². The van der Waals surface area contributed by atoms with Crippen LogP contribution >= 0.6 is 0 Å². The molecule has 0 aromatic heterocycles. The van der Waals surface area contributed by atoms with Gasteiger partial charge in [0.2, 0.25) is 0 Å². The molecular weight excluding hydrogens is 200 g/mol. The lowest BCUT2D eigenvalue weighted by atomic mass is 10.0. The van der Waals surface area contributed by atoms with Gasteiger partial charge in [0.25, 0.3) is 0 Å². The molecule has 0 bridgehead atoms. The minimum Gasteiger partial charge on any atom is -0.508 e. The zero-order valence-corrected chi connectivity index (χ0v) is 9.39. The molecule has 0 spiro atoms. The van der Waals surface area contributed by atoms with Gasteiger partial charge in [0, 0.05) is 6.42 Å². The Balaban J connectivity index is 1.95. The Morgan fingerprint density at radius 1 is 1.31 bits per heavy atom. The quantitative estimate of drug-likeness (QED) is 0.838. The molecule has 1 atom stereocenters. The van der Waals surface area contributed by atoms with Crippen LogP contribution in [0.2, 0.25) is 0 Å². The maximum atomic E-state index is 9.15.